The largest absolute Gasteiger partial charge is 0.400 e. The Bertz CT molecular complexity index is 244. The van der Waals surface area contributed by atoms with Gasteiger partial charge in [-0.05, 0) is 0 Å². The fourth-order valence-corrected chi connectivity index (χ4v) is 1.73. The summed E-state index contributed by atoms with van der Waals surface area (Å²) in [5.74, 6) is 0. The van der Waals surface area contributed by atoms with Gasteiger partial charge < -0.3 is 29.8 Å². The minimum absolute atomic E-state index is 0.00870. The highest BCUT2D eigenvalue weighted by atomic mass is 31.2. The van der Waals surface area contributed by atoms with Gasteiger partial charge in [-0.1, -0.05) is 0 Å². The number of hydrogen-bond donors (Lipinski definition) is 6. The summed E-state index contributed by atoms with van der Waals surface area (Å²) in [6.45, 7) is -0.217. The first kappa shape index (κ1) is 13.0. The van der Waals surface area contributed by atoms with Gasteiger partial charge >= 0.3 is 7.75 Å². The smallest absolute Gasteiger partial charge is 0.390 e. The Hall–Kier alpha value is -0.0500. The molecule has 0 spiro atoms. The minimum atomic E-state index is -4.34. The molecule has 9 heteroatoms. The topological polar surface area (TPSA) is 139 Å². The summed E-state index contributed by atoms with van der Waals surface area (Å²) in [7, 11) is -4.34. The van der Waals surface area contributed by atoms with Crippen molar-refractivity contribution in [2.24, 2.45) is 0 Å². The number of hydrogen-bond acceptors (Lipinski definition) is 5. The highest BCUT2D eigenvalue weighted by molar-refractivity contribution is 7.49. The third-order valence-corrected chi connectivity index (χ3v) is 2.64. The molecule has 1 unspecified atom stereocenters. The summed E-state index contributed by atoms with van der Waals surface area (Å²) in [5, 5.41) is 29.3. The summed E-state index contributed by atoms with van der Waals surface area (Å²) in [4.78, 5) is 17.0. The minimum Gasteiger partial charge on any atom is -0.390 e. The van der Waals surface area contributed by atoms with Crippen molar-refractivity contribution in [2.45, 2.75) is 31.0 Å². The molecule has 4 atom stereocenters. The zero-order valence-electron chi connectivity index (χ0n) is 7.72. The second kappa shape index (κ2) is 4.86. The van der Waals surface area contributed by atoms with Crippen LogP contribution in [0.4, 0.5) is 0 Å². The molecule has 15 heavy (non-hydrogen) atoms. The van der Waals surface area contributed by atoms with Gasteiger partial charge in [0, 0.05) is 13.0 Å². The fourth-order valence-electron chi connectivity index (χ4n) is 1.28. The van der Waals surface area contributed by atoms with E-state index in [0.717, 1.165) is 0 Å². The van der Waals surface area contributed by atoms with Crippen molar-refractivity contribution in [2.75, 3.05) is 6.54 Å². The average molecular weight is 243 g/mol. The van der Waals surface area contributed by atoms with E-state index in [-0.39, 0.29) is 13.0 Å². The van der Waals surface area contributed by atoms with Crippen LogP contribution in [0.25, 0.3) is 0 Å². The summed E-state index contributed by atoms with van der Waals surface area (Å²) < 4.78 is 15.3. The van der Waals surface area contributed by atoms with Crippen molar-refractivity contribution >= 4 is 7.75 Å². The second-order valence-electron chi connectivity index (χ2n) is 3.35. The number of aliphatic hydroxyl groups is 3. The molecule has 6 N–H and O–H groups in total. The maximum absolute atomic E-state index is 10.5. The summed E-state index contributed by atoms with van der Waals surface area (Å²) in [6.07, 6.45) is -4.87. The van der Waals surface area contributed by atoms with E-state index in [9.17, 15) is 9.67 Å². The summed E-state index contributed by atoms with van der Waals surface area (Å²) in [6, 6.07) is 0. The lowest BCUT2D eigenvalue weighted by Crippen LogP contribution is -2.50. The van der Waals surface area contributed by atoms with E-state index in [1.807, 2.05) is 5.09 Å². The lowest BCUT2D eigenvalue weighted by molar-refractivity contribution is -0.245. The molecule has 1 heterocycles. The number of ether oxygens (including phenoxy) is 1. The Balaban J connectivity index is 2.42. The molecule has 0 aromatic rings. The lowest BCUT2D eigenvalue weighted by Gasteiger charge is -2.34. The maximum Gasteiger partial charge on any atom is 0.400 e. The molecule has 0 aromatic heterocycles. The van der Waals surface area contributed by atoms with Crippen LogP contribution in [0.15, 0.2) is 0 Å². The van der Waals surface area contributed by atoms with E-state index in [4.69, 9.17) is 24.7 Å². The van der Waals surface area contributed by atoms with Crippen molar-refractivity contribution in [3.8, 4) is 0 Å². The van der Waals surface area contributed by atoms with Crippen molar-refractivity contribution in [3.05, 3.63) is 0 Å². The van der Waals surface area contributed by atoms with E-state index in [0.29, 0.717) is 0 Å². The molecule has 1 saturated heterocycles. The summed E-state index contributed by atoms with van der Waals surface area (Å²) >= 11 is 0. The van der Waals surface area contributed by atoms with Crippen molar-refractivity contribution < 1.29 is 34.4 Å². The second-order valence-corrected chi connectivity index (χ2v) is 4.75. The van der Waals surface area contributed by atoms with Crippen LogP contribution in [0, 0.1) is 0 Å². The Labute approximate surface area is 85.7 Å². The van der Waals surface area contributed by atoms with E-state index in [2.05, 4.69) is 0 Å². The normalized spacial score (nSPS) is 37.9. The molecular formula is C6H14NO7P. The van der Waals surface area contributed by atoms with Gasteiger partial charge in [0.15, 0.2) is 6.29 Å². The first-order valence-electron chi connectivity index (χ1n) is 4.30. The molecule has 8 nitrogen and oxygen atoms in total. The fraction of sp³-hybridized carbons (Fsp3) is 1.00. The average Bonchev–Trinajstić information content (AvgIpc) is 2.09. The monoisotopic (exact) mass is 243 g/mol. The van der Waals surface area contributed by atoms with Crippen molar-refractivity contribution in [1.82, 2.24) is 5.09 Å². The Morgan fingerprint density at radius 1 is 1.33 bits per heavy atom. The summed E-state index contributed by atoms with van der Waals surface area (Å²) in [5.41, 5.74) is 0. The van der Waals surface area contributed by atoms with Gasteiger partial charge in [-0.25, -0.2) is 9.65 Å². The molecule has 0 aromatic carbocycles. The van der Waals surface area contributed by atoms with E-state index >= 15 is 0 Å². The molecule has 0 bridgehead atoms. The van der Waals surface area contributed by atoms with Crippen LogP contribution in [0.3, 0.4) is 0 Å². The maximum atomic E-state index is 10.5. The molecule has 0 saturated carbocycles. The predicted octanol–water partition coefficient (Wildman–Crippen LogP) is -2.50. The van der Waals surface area contributed by atoms with Crippen LogP contribution < -0.4 is 5.09 Å². The zero-order valence-corrected chi connectivity index (χ0v) is 8.62. The third kappa shape index (κ3) is 4.13. The van der Waals surface area contributed by atoms with E-state index in [1.54, 1.807) is 0 Å². The van der Waals surface area contributed by atoms with Gasteiger partial charge in [-0.15, -0.1) is 0 Å². The Morgan fingerprint density at radius 3 is 2.40 bits per heavy atom. The molecule has 1 fully saturated rings. The third-order valence-electron chi connectivity index (χ3n) is 2.05. The zero-order chi connectivity index (χ0) is 11.6. The highest BCUT2D eigenvalue weighted by Crippen LogP contribution is 2.29. The predicted molar refractivity (Wildman–Crippen MR) is 47.6 cm³/mol. The van der Waals surface area contributed by atoms with Crippen LogP contribution in [0.2, 0.25) is 0 Å². The highest BCUT2D eigenvalue weighted by Gasteiger charge is 2.35. The van der Waals surface area contributed by atoms with Gasteiger partial charge in [-0.2, -0.15) is 0 Å². The lowest BCUT2D eigenvalue weighted by atomic mass is 10.0. The van der Waals surface area contributed by atoms with Crippen molar-refractivity contribution in [3.63, 3.8) is 0 Å². The molecular weight excluding hydrogens is 229 g/mol. The van der Waals surface area contributed by atoms with E-state index < -0.39 is 32.3 Å². The van der Waals surface area contributed by atoms with Crippen molar-refractivity contribution in [1.29, 1.82) is 0 Å². The molecule has 0 aliphatic carbocycles. The Kier molecular flexibility index (Phi) is 4.21. The molecule has 1 aliphatic heterocycles. The Morgan fingerprint density at radius 2 is 1.93 bits per heavy atom. The quantitative estimate of drug-likeness (QED) is 0.299. The molecule has 90 valence electrons. The molecule has 1 aliphatic rings. The van der Waals surface area contributed by atoms with E-state index in [1.165, 1.54) is 0 Å². The van der Waals surface area contributed by atoms with Crippen LogP contribution in [-0.2, 0) is 9.30 Å². The SMILES string of the molecule is O=P(O)(O)NC[C@@H]1C[C@H](O)[C@H](O)C(O)O1. The number of aliphatic hydroxyl groups excluding tert-OH is 3. The van der Waals surface area contributed by atoms with Gasteiger partial charge in [0.2, 0.25) is 0 Å². The first-order valence-corrected chi connectivity index (χ1v) is 5.91. The standard InChI is InChI=1S/C6H14NO7P/c8-4-1-3(2-7-15(11,12)13)14-6(10)5(4)9/h3-6,8-10H,1-2H2,(H3,7,11,12,13)/t3-,4-,5-,6?/m0/s1. The first-order chi connectivity index (χ1) is 6.79. The van der Waals surface area contributed by atoms with Gasteiger partial charge in [0.1, 0.15) is 6.10 Å². The van der Waals surface area contributed by atoms with Gasteiger partial charge in [-0.3, -0.25) is 0 Å². The van der Waals surface area contributed by atoms with Crippen LogP contribution >= 0.6 is 7.75 Å². The van der Waals surface area contributed by atoms with Gasteiger partial charge in [0.05, 0.1) is 12.2 Å². The number of rotatable bonds is 3. The van der Waals surface area contributed by atoms with Gasteiger partial charge in [0.25, 0.3) is 0 Å². The molecule has 0 radical (unpaired) electrons. The number of nitrogens with one attached hydrogen (secondary N) is 1. The molecule has 1 rings (SSSR count). The molecule has 0 amide bonds. The van der Waals surface area contributed by atoms with Crippen LogP contribution in [-0.4, -0.2) is 56.3 Å². The van der Waals surface area contributed by atoms with Crippen LogP contribution in [0.5, 0.6) is 0 Å². The van der Waals surface area contributed by atoms with Crippen LogP contribution in [0.1, 0.15) is 6.42 Å².